The van der Waals surface area contributed by atoms with Crippen LogP contribution in [0, 0.1) is 6.92 Å². The summed E-state index contributed by atoms with van der Waals surface area (Å²) < 4.78 is 33.4. The Morgan fingerprint density at radius 3 is 2.60 bits per heavy atom. The molecule has 3 heterocycles. The van der Waals surface area contributed by atoms with Gasteiger partial charge in [0.2, 0.25) is 0 Å². The molecule has 1 aromatic carbocycles. The van der Waals surface area contributed by atoms with Crippen LogP contribution in [0.5, 0.6) is 0 Å². The molecule has 2 aromatic rings. The standard InChI is InChI=1S/C24H28BF2N3/c1-3-4-6-19-8-10-20(11-9-19)12-13-21-17-18(2)24-22(14-15-28)23-7-5-16-29(23)25(26,27)30(21)24/h5,7-13,16-17H,3-4,6,14-15,28H2,1-2H3. The number of nitrogens with zero attached hydrogens (tertiary/aromatic N) is 2. The van der Waals surface area contributed by atoms with Crippen molar-refractivity contribution in [2.75, 3.05) is 6.54 Å². The van der Waals surface area contributed by atoms with E-state index >= 15 is 8.63 Å². The smallest absolute Gasteiger partial charge is 0.390 e. The molecular weight excluding hydrogens is 379 g/mol. The second-order valence-corrected chi connectivity index (χ2v) is 8.06. The lowest BCUT2D eigenvalue weighted by atomic mass is 9.86. The van der Waals surface area contributed by atoms with Crippen LogP contribution in [-0.2, 0) is 6.42 Å². The molecule has 2 aliphatic heterocycles. The molecule has 0 aliphatic carbocycles. The molecule has 0 amide bonds. The normalized spacial score (nSPS) is 16.9. The van der Waals surface area contributed by atoms with Crippen LogP contribution >= 0.6 is 0 Å². The minimum absolute atomic E-state index is 0.416. The molecule has 1 aromatic heterocycles. The van der Waals surface area contributed by atoms with Gasteiger partial charge in [0, 0.05) is 29.1 Å². The van der Waals surface area contributed by atoms with Crippen molar-refractivity contribution in [1.82, 2.24) is 4.48 Å². The van der Waals surface area contributed by atoms with Crippen molar-refractivity contribution in [2.45, 2.75) is 39.5 Å². The zero-order valence-corrected chi connectivity index (χ0v) is 17.6. The van der Waals surface area contributed by atoms with Crippen molar-refractivity contribution in [1.29, 1.82) is 0 Å². The summed E-state index contributed by atoms with van der Waals surface area (Å²) in [5, 5.41) is 0. The number of halogens is 2. The van der Waals surface area contributed by atoms with Gasteiger partial charge in [-0.25, -0.2) is 0 Å². The van der Waals surface area contributed by atoms with Gasteiger partial charge in [0.25, 0.3) is 0 Å². The van der Waals surface area contributed by atoms with Gasteiger partial charge in [0.1, 0.15) is 6.21 Å². The Bertz CT molecular complexity index is 1070. The summed E-state index contributed by atoms with van der Waals surface area (Å²) in [6.07, 6.45) is 12.6. The van der Waals surface area contributed by atoms with Gasteiger partial charge in [-0.2, -0.15) is 0 Å². The third-order valence-corrected chi connectivity index (χ3v) is 5.92. The first-order valence-electron chi connectivity index (χ1n) is 10.7. The molecule has 2 aliphatic rings. The van der Waals surface area contributed by atoms with E-state index in [1.807, 2.05) is 31.2 Å². The largest absolute Gasteiger partial charge is 0.737 e. The van der Waals surface area contributed by atoms with E-state index in [1.54, 1.807) is 18.2 Å². The number of unbranched alkanes of at least 4 members (excludes halogenated alkanes) is 1. The summed E-state index contributed by atoms with van der Waals surface area (Å²) in [5.74, 6) is 0. The predicted octanol–water partition coefficient (Wildman–Crippen LogP) is 5.26. The Balaban J connectivity index is 1.72. The molecule has 2 N–H and O–H groups in total. The van der Waals surface area contributed by atoms with E-state index in [9.17, 15) is 0 Å². The summed E-state index contributed by atoms with van der Waals surface area (Å²) in [5.41, 5.74) is 11.5. The lowest BCUT2D eigenvalue weighted by molar-refractivity contribution is -0.356. The Morgan fingerprint density at radius 1 is 1.13 bits per heavy atom. The number of aromatic nitrogens is 1. The molecule has 30 heavy (non-hydrogen) atoms. The van der Waals surface area contributed by atoms with Gasteiger partial charge in [-0.05, 0) is 61.6 Å². The van der Waals surface area contributed by atoms with Gasteiger partial charge in [-0.1, -0.05) is 43.7 Å². The maximum absolute atomic E-state index is 15.5. The van der Waals surface area contributed by atoms with Crippen LogP contribution in [0.25, 0.3) is 17.7 Å². The summed E-state index contributed by atoms with van der Waals surface area (Å²) in [6, 6.07) is 10.2. The summed E-state index contributed by atoms with van der Waals surface area (Å²) in [4.78, 5) is 0. The molecule has 0 unspecified atom stereocenters. The van der Waals surface area contributed by atoms with E-state index in [0.29, 0.717) is 30.1 Å². The molecule has 4 rings (SSSR count). The van der Waals surface area contributed by atoms with Crippen molar-refractivity contribution in [3.63, 3.8) is 0 Å². The number of nitrogens with two attached hydrogens (primary N) is 1. The van der Waals surface area contributed by atoms with Crippen LogP contribution in [-0.4, -0.2) is 28.7 Å². The molecule has 0 bridgehead atoms. The van der Waals surface area contributed by atoms with E-state index in [-0.39, 0.29) is 0 Å². The topological polar surface area (TPSA) is 34.0 Å². The van der Waals surface area contributed by atoms with E-state index in [0.717, 1.165) is 27.6 Å². The van der Waals surface area contributed by atoms with Gasteiger partial charge in [-0.15, -0.1) is 0 Å². The Morgan fingerprint density at radius 2 is 1.90 bits per heavy atom. The lowest BCUT2D eigenvalue weighted by Crippen LogP contribution is -2.50. The zero-order chi connectivity index (χ0) is 21.3. The first-order valence-corrected chi connectivity index (χ1v) is 10.7. The molecule has 6 heteroatoms. The highest BCUT2D eigenvalue weighted by Gasteiger charge is 2.52. The lowest BCUT2D eigenvalue weighted by Gasteiger charge is -2.32. The summed E-state index contributed by atoms with van der Waals surface area (Å²) >= 11 is 0. The van der Waals surface area contributed by atoms with Crippen LogP contribution in [0.15, 0.2) is 48.2 Å². The van der Waals surface area contributed by atoms with Crippen molar-refractivity contribution >= 4 is 30.9 Å². The van der Waals surface area contributed by atoms with Gasteiger partial charge in [0.05, 0.1) is 0 Å². The van der Waals surface area contributed by atoms with Crippen LogP contribution in [0.3, 0.4) is 0 Å². The number of benzene rings is 1. The minimum Gasteiger partial charge on any atom is -0.390 e. The van der Waals surface area contributed by atoms with Crippen molar-refractivity contribution in [2.24, 2.45) is 5.73 Å². The highest BCUT2D eigenvalue weighted by atomic mass is 19.2. The first kappa shape index (κ1) is 20.5. The number of fused-ring (bicyclic) bond motifs is 2. The van der Waals surface area contributed by atoms with Gasteiger partial charge in [-0.3, -0.25) is 0 Å². The van der Waals surface area contributed by atoms with Gasteiger partial charge < -0.3 is 23.3 Å². The second-order valence-electron chi connectivity index (χ2n) is 8.06. The molecule has 156 valence electrons. The molecule has 0 saturated carbocycles. The molecule has 0 spiro atoms. The molecule has 0 atom stereocenters. The summed E-state index contributed by atoms with van der Waals surface area (Å²) in [7, 11) is 0. The van der Waals surface area contributed by atoms with Crippen LogP contribution in [0.2, 0.25) is 0 Å². The van der Waals surface area contributed by atoms with Crippen molar-refractivity contribution in [3.05, 3.63) is 76.3 Å². The number of rotatable bonds is 7. The number of aryl methyl sites for hydroxylation is 2. The van der Waals surface area contributed by atoms with Gasteiger partial charge in [0.15, 0.2) is 5.70 Å². The quantitative estimate of drug-likeness (QED) is 0.625. The molecule has 0 radical (unpaired) electrons. The predicted molar refractivity (Wildman–Crippen MR) is 123 cm³/mol. The van der Waals surface area contributed by atoms with Crippen LogP contribution in [0.1, 0.15) is 54.3 Å². The average Bonchev–Trinajstić information content (AvgIpc) is 3.35. The average molecular weight is 407 g/mol. The zero-order valence-electron chi connectivity index (χ0n) is 17.6. The molecule has 0 saturated heterocycles. The number of allylic oxidation sites excluding steroid dienone is 2. The van der Waals surface area contributed by atoms with E-state index < -0.39 is 6.97 Å². The fourth-order valence-corrected chi connectivity index (χ4v) is 4.44. The van der Waals surface area contributed by atoms with Crippen LogP contribution < -0.4 is 5.73 Å². The van der Waals surface area contributed by atoms with Crippen molar-refractivity contribution in [3.8, 4) is 0 Å². The van der Waals surface area contributed by atoms with E-state index in [2.05, 4.69) is 19.1 Å². The highest BCUT2D eigenvalue weighted by molar-refractivity contribution is 6.58. The Kier molecular flexibility index (Phi) is 5.61. The minimum atomic E-state index is -3.96. The summed E-state index contributed by atoms with van der Waals surface area (Å²) in [6.45, 7) is 0.535. The number of hydrogen-bond acceptors (Lipinski definition) is 1. The monoisotopic (exact) mass is 407 g/mol. The Labute approximate surface area is 177 Å². The number of hydrogen-bond donors (Lipinski definition) is 1. The Hall–Kier alpha value is -2.73. The molecular formula is C24H28BF2N3. The fraction of sp³-hybridized carbons (Fsp3) is 0.292. The van der Waals surface area contributed by atoms with Gasteiger partial charge >= 0.3 is 6.97 Å². The second kappa shape index (κ2) is 8.19. The third kappa shape index (κ3) is 3.50. The van der Waals surface area contributed by atoms with E-state index in [4.69, 9.17) is 5.73 Å². The fourth-order valence-electron chi connectivity index (χ4n) is 4.44. The van der Waals surface area contributed by atoms with Crippen molar-refractivity contribution < 1.29 is 13.1 Å². The molecule has 0 fully saturated rings. The first-order chi connectivity index (χ1) is 14.5. The molecule has 3 nitrogen and oxygen atoms in total. The SMILES string of the molecule is CCCCc1ccc(C=Cc2cc(C)c3n2[B-](F)(F)[N+]2=CC=CC2=C3CCN)cc1. The van der Waals surface area contributed by atoms with Crippen LogP contribution in [0.4, 0.5) is 8.63 Å². The maximum Gasteiger partial charge on any atom is 0.737 e. The third-order valence-electron chi connectivity index (χ3n) is 5.92. The van der Waals surface area contributed by atoms with E-state index in [1.165, 1.54) is 29.1 Å². The maximum atomic E-state index is 15.5. The highest BCUT2D eigenvalue weighted by Crippen LogP contribution is 2.40.